The smallest absolute Gasteiger partial charge is 0.362 e. The Labute approximate surface area is 165 Å². The zero-order valence-electron chi connectivity index (χ0n) is 15.9. The van der Waals surface area contributed by atoms with E-state index in [-0.39, 0.29) is 11.5 Å². The van der Waals surface area contributed by atoms with Crippen LogP contribution in [0.25, 0.3) is 0 Å². The van der Waals surface area contributed by atoms with Crippen LogP contribution in [0.3, 0.4) is 0 Å². The molecule has 0 spiro atoms. The van der Waals surface area contributed by atoms with Crippen LogP contribution in [-0.2, 0) is 34.6 Å². The predicted octanol–water partition coefficient (Wildman–Crippen LogP) is 2.94. The molecule has 28 heavy (non-hydrogen) atoms. The summed E-state index contributed by atoms with van der Waals surface area (Å²) < 4.78 is 63.6. The zero-order valence-corrected chi connectivity index (χ0v) is 17.5. The fraction of sp³-hybridized carbons (Fsp3) is 0.333. The highest BCUT2D eigenvalue weighted by Crippen LogP contribution is 2.36. The number of benzene rings is 2. The van der Waals surface area contributed by atoms with Crippen molar-refractivity contribution in [1.82, 2.24) is 0 Å². The molecule has 0 heterocycles. The zero-order chi connectivity index (χ0) is 21.0. The van der Waals surface area contributed by atoms with Gasteiger partial charge in [0.05, 0.1) is 14.2 Å². The Morgan fingerprint density at radius 2 is 1.04 bits per heavy atom. The molecule has 0 aliphatic carbocycles. The molecule has 0 saturated carbocycles. The van der Waals surface area contributed by atoms with Crippen LogP contribution in [0.1, 0.15) is 31.4 Å². The summed E-state index contributed by atoms with van der Waals surface area (Å²) in [6.45, 7) is 4.04. The highest BCUT2D eigenvalue weighted by atomic mass is 32.3. The van der Waals surface area contributed by atoms with Crippen molar-refractivity contribution >= 4 is 20.8 Å². The van der Waals surface area contributed by atoms with Gasteiger partial charge in [0.1, 0.15) is 11.5 Å². The molecule has 8 nitrogen and oxygen atoms in total. The maximum Gasteiger partial charge on any atom is 0.448 e. The normalized spacial score (nSPS) is 12.6. The largest absolute Gasteiger partial charge is 0.448 e. The van der Waals surface area contributed by atoms with Crippen LogP contribution in [0.5, 0.6) is 11.5 Å². The average Bonchev–Trinajstić information content (AvgIpc) is 2.68. The predicted molar refractivity (Wildman–Crippen MR) is 103 cm³/mol. The van der Waals surface area contributed by atoms with Crippen LogP contribution in [0.15, 0.2) is 48.5 Å². The summed E-state index contributed by atoms with van der Waals surface area (Å²) in [5, 5.41) is 0. The van der Waals surface area contributed by atoms with Gasteiger partial charge < -0.3 is 8.37 Å². The number of rotatable bonds is 9. The molecular formula is C18H22O8S2. The lowest BCUT2D eigenvalue weighted by Crippen LogP contribution is -2.22. The monoisotopic (exact) mass is 430 g/mol. The molecule has 2 rings (SSSR count). The molecule has 2 aromatic carbocycles. The second-order valence-electron chi connectivity index (χ2n) is 6.05. The van der Waals surface area contributed by atoms with E-state index in [1.54, 1.807) is 48.5 Å². The fourth-order valence-corrected chi connectivity index (χ4v) is 3.47. The molecule has 0 aromatic heterocycles. The van der Waals surface area contributed by atoms with Crippen molar-refractivity contribution in [2.24, 2.45) is 0 Å². The maximum atomic E-state index is 11.4. The molecular weight excluding hydrogens is 408 g/mol. The van der Waals surface area contributed by atoms with Gasteiger partial charge in [0.15, 0.2) is 0 Å². The Morgan fingerprint density at radius 3 is 1.29 bits per heavy atom. The first-order valence-electron chi connectivity index (χ1n) is 8.26. The third-order valence-electron chi connectivity index (χ3n) is 4.49. The number of hydrogen-bond donors (Lipinski definition) is 0. The topological polar surface area (TPSA) is 105 Å². The first kappa shape index (κ1) is 22.2. The second kappa shape index (κ2) is 8.48. The summed E-state index contributed by atoms with van der Waals surface area (Å²) in [4.78, 5) is 0. The Kier molecular flexibility index (Phi) is 6.71. The van der Waals surface area contributed by atoms with Gasteiger partial charge in [0, 0.05) is 5.41 Å². The maximum absolute atomic E-state index is 11.4. The minimum Gasteiger partial charge on any atom is -0.362 e. The SMILES string of the molecule is CCC(C)(c1ccc(OS(=O)(=O)OC)cc1)c1ccc(OS(=O)(=O)OC)cc1. The van der Waals surface area contributed by atoms with Gasteiger partial charge >= 0.3 is 20.8 Å². The van der Waals surface area contributed by atoms with Gasteiger partial charge in [-0.2, -0.15) is 16.8 Å². The lowest BCUT2D eigenvalue weighted by molar-refractivity contribution is 0.329. The van der Waals surface area contributed by atoms with Crippen LogP contribution in [-0.4, -0.2) is 31.1 Å². The average molecular weight is 431 g/mol. The minimum atomic E-state index is -4.07. The summed E-state index contributed by atoms with van der Waals surface area (Å²) in [6.07, 6.45) is 0.736. The van der Waals surface area contributed by atoms with Gasteiger partial charge in [-0.15, -0.1) is 0 Å². The van der Waals surface area contributed by atoms with Crippen LogP contribution in [0.4, 0.5) is 0 Å². The lowest BCUT2D eigenvalue weighted by atomic mass is 9.74. The molecule has 2 aromatic rings. The van der Waals surface area contributed by atoms with E-state index in [2.05, 4.69) is 8.37 Å². The van der Waals surface area contributed by atoms with Crippen molar-refractivity contribution < 1.29 is 33.6 Å². The summed E-state index contributed by atoms with van der Waals surface area (Å²) in [7, 11) is -6.11. The first-order valence-corrected chi connectivity index (χ1v) is 10.9. The van der Waals surface area contributed by atoms with Crippen molar-refractivity contribution in [2.45, 2.75) is 25.7 Å². The Bertz CT molecular complexity index is 915. The molecule has 0 aliphatic rings. The standard InChI is InChI=1S/C18H22O8S2/c1-5-18(2,14-6-10-16(11-7-14)25-27(19,20)23-3)15-8-12-17(13-9-15)26-28(21,22)24-4/h6-13H,5H2,1-4H3. The van der Waals surface area contributed by atoms with Gasteiger partial charge in [0.2, 0.25) is 0 Å². The summed E-state index contributed by atoms with van der Waals surface area (Å²) in [5.74, 6) is 0.273. The minimum absolute atomic E-state index is 0.137. The quantitative estimate of drug-likeness (QED) is 0.598. The van der Waals surface area contributed by atoms with Gasteiger partial charge in [-0.05, 0) is 41.8 Å². The van der Waals surface area contributed by atoms with Gasteiger partial charge in [-0.25, -0.2) is 8.37 Å². The van der Waals surface area contributed by atoms with E-state index in [1.807, 2.05) is 13.8 Å². The van der Waals surface area contributed by atoms with E-state index in [1.165, 1.54) is 0 Å². The van der Waals surface area contributed by atoms with E-state index in [0.29, 0.717) is 0 Å². The van der Waals surface area contributed by atoms with Crippen molar-refractivity contribution in [3.63, 3.8) is 0 Å². The Hall–Kier alpha value is -2.14. The van der Waals surface area contributed by atoms with Crippen molar-refractivity contribution in [1.29, 1.82) is 0 Å². The van der Waals surface area contributed by atoms with Crippen molar-refractivity contribution in [3.8, 4) is 11.5 Å². The molecule has 0 fully saturated rings. The second-order valence-corrected chi connectivity index (χ2v) is 8.68. The van der Waals surface area contributed by atoms with Crippen LogP contribution in [0.2, 0.25) is 0 Å². The molecule has 0 unspecified atom stereocenters. The molecule has 0 radical (unpaired) electrons. The molecule has 0 bridgehead atoms. The lowest BCUT2D eigenvalue weighted by Gasteiger charge is -2.30. The first-order chi connectivity index (χ1) is 13.0. The summed E-state index contributed by atoms with van der Waals surface area (Å²) >= 11 is 0. The molecule has 10 heteroatoms. The van der Waals surface area contributed by atoms with Crippen LogP contribution < -0.4 is 8.37 Å². The van der Waals surface area contributed by atoms with Crippen molar-refractivity contribution in [2.75, 3.05) is 14.2 Å². The highest BCUT2D eigenvalue weighted by Gasteiger charge is 2.27. The summed E-state index contributed by atoms with van der Waals surface area (Å²) in [6, 6.07) is 13.2. The molecule has 0 atom stereocenters. The van der Waals surface area contributed by atoms with E-state index < -0.39 is 26.2 Å². The Morgan fingerprint density at radius 1 is 0.714 bits per heavy atom. The van der Waals surface area contributed by atoms with Gasteiger partial charge in [-0.1, -0.05) is 38.1 Å². The third-order valence-corrected chi connectivity index (χ3v) is 6.10. The highest BCUT2D eigenvalue weighted by molar-refractivity contribution is 7.82. The molecule has 0 amide bonds. The van der Waals surface area contributed by atoms with E-state index >= 15 is 0 Å². The van der Waals surface area contributed by atoms with Crippen molar-refractivity contribution in [3.05, 3.63) is 59.7 Å². The van der Waals surface area contributed by atoms with E-state index in [4.69, 9.17) is 8.37 Å². The third kappa shape index (κ3) is 5.22. The molecule has 0 N–H and O–H groups in total. The molecule has 154 valence electrons. The Balaban J connectivity index is 2.29. The van der Waals surface area contributed by atoms with Gasteiger partial charge in [-0.3, -0.25) is 0 Å². The van der Waals surface area contributed by atoms with Crippen LogP contribution in [0, 0.1) is 0 Å². The molecule has 0 aliphatic heterocycles. The van der Waals surface area contributed by atoms with E-state index in [9.17, 15) is 16.8 Å². The fourth-order valence-electron chi connectivity index (χ4n) is 2.64. The van der Waals surface area contributed by atoms with E-state index in [0.717, 1.165) is 31.8 Å². The van der Waals surface area contributed by atoms with Crippen LogP contribution >= 0.6 is 0 Å². The molecule has 0 saturated heterocycles. The van der Waals surface area contributed by atoms with Gasteiger partial charge in [0.25, 0.3) is 0 Å². The number of hydrogen-bond acceptors (Lipinski definition) is 8. The summed E-state index contributed by atoms with van der Waals surface area (Å²) in [5.41, 5.74) is 1.45.